The highest BCUT2D eigenvalue weighted by Crippen LogP contribution is 2.12. The molecule has 0 spiro atoms. The maximum atomic E-state index is 12.9. The molecular weight excluding hydrogens is 672 g/mol. The van der Waals surface area contributed by atoms with Crippen LogP contribution in [0.5, 0.6) is 0 Å². The monoisotopic (exact) mass is 724 g/mol. The number of ether oxygens (including phenoxy) is 2. The first-order chi connectivity index (χ1) is 24.5. The van der Waals surface area contributed by atoms with E-state index in [0.717, 1.165) is 0 Å². The third-order valence-corrected chi connectivity index (χ3v) is 7.29. The Balaban J connectivity index is 1.75. The molecule has 0 unspecified atom stereocenters. The summed E-state index contributed by atoms with van der Waals surface area (Å²) in [6.07, 6.45) is 0.548. The Labute approximate surface area is 304 Å². The van der Waals surface area contributed by atoms with E-state index in [1.807, 2.05) is 0 Å². The van der Waals surface area contributed by atoms with Gasteiger partial charge in [-0.1, -0.05) is 12.1 Å². The normalized spacial score (nSPS) is 17.0. The molecule has 0 atom stereocenters. The van der Waals surface area contributed by atoms with Crippen LogP contribution in [-0.2, 0) is 9.47 Å². The summed E-state index contributed by atoms with van der Waals surface area (Å²) in [5, 5.41) is 11.1. The molecule has 0 saturated carbocycles. The van der Waals surface area contributed by atoms with Gasteiger partial charge in [0.15, 0.2) is 0 Å². The number of carbonyl (C=O) groups is 6. The zero-order valence-corrected chi connectivity index (χ0v) is 31.0. The van der Waals surface area contributed by atoms with Gasteiger partial charge in [-0.3, -0.25) is 19.2 Å². The molecule has 4 bridgehead atoms. The lowest BCUT2D eigenvalue weighted by Crippen LogP contribution is -2.40. The first kappa shape index (κ1) is 41.1. The SMILES string of the molecule is CC(C)(C)OC(=O)N1CCCNC(=O)c2cccc(n2)C(=O)NCCCN(C(=O)OC(C)(C)C)CCCNC(=O)c2cccc(n2)C(=O)NCCC1. The van der Waals surface area contributed by atoms with Gasteiger partial charge in [-0.25, -0.2) is 19.6 Å². The summed E-state index contributed by atoms with van der Waals surface area (Å²) < 4.78 is 11.1. The van der Waals surface area contributed by atoms with Crippen LogP contribution in [0.1, 0.15) is 109 Å². The lowest BCUT2D eigenvalue weighted by Gasteiger charge is -2.27. The van der Waals surface area contributed by atoms with Crippen molar-refractivity contribution < 1.29 is 38.2 Å². The topological polar surface area (TPSA) is 201 Å². The van der Waals surface area contributed by atoms with Gasteiger partial charge in [0.25, 0.3) is 23.6 Å². The second-order valence-electron chi connectivity index (χ2n) is 14.2. The average Bonchev–Trinajstić information content (AvgIpc) is 3.07. The maximum Gasteiger partial charge on any atom is 0.410 e. The zero-order valence-electron chi connectivity index (χ0n) is 31.0. The maximum absolute atomic E-state index is 12.9. The average molecular weight is 725 g/mol. The molecule has 1 aliphatic heterocycles. The molecule has 3 heterocycles. The largest absolute Gasteiger partial charge is 0.444 e. The first-order valence-corrected chi connectivity index (χ1v) is 17.6. The van der Waals surface area contributed by atoms with E-state index in [4.69, 9.17) is 9.47 Å². The Morgan fingerprint density at radius 3 is 1.00 bits per heavy atom. The van der Waals surface area contributed by atoms with Crippen LogP contribution < -0.4 is 21.3 Å². The van der Waals surface area contributed by atoms with Crippen molar-refractivity contribution in [3.05, 3.63) is 59.2 Å². The highest BCUT2D eigenvalue weighted by atomic mass is 16.6. The van der Waals surface area contributed by atoms with E-state index in [-0.39, 0.29) is 75.1 Å². The van der Waals surface area contributed by atoms with Crippen molar-refractivity contribution in [3.8, 4) is 0 Å². The number of nitrogens with one attached hydrogen (secondary N) is 4. The van der Waals surface area contributed by atoms with Crippen molar-refractivity contribution in [1.82, 2.24) is 41.0 Å². The minimum absolute atomic E-state index is 0.0590. The molecule has 4 N–H and O–H groups in total. The van der Waals surface area contributed by atoms with Crippen LogP contribution in [0.2, 0.25) is 0 Å². The van der Waals surface area contributed by atoms with E-state index in [9.17, 15) is 28.8 Å². The molecule has 3 rings (SSSR count). The number of rotatable bonds is 0. The van der Waals surface area contributed by atoms with Gasteiger partial charge in [0, 0.05) is 52.4 Å². The number of hydrogen-bond donors (Lipinski definition) is 4. The fraction of sp³-hybridized carbons (Fsp3) is 0.556. The standard InChI is InChI=1S/C36H52N8O8/c1-35(2,3)51-33(49)43-21-9-17-37-29(45)25-13-7-15-27(41-25)31(47)39-19-11-23-44(34(50)52-36(4,5)6)24-12-20-40-32(48)28-16-8-14-26(42-28)30(46)38-18-10-22-43/h7-8,13-16H,9-12,17-24H2,1-6H3,(H,37,45)(H,38,46)(H,39,47)(H,40,48). The van der Waals surface area contributed by atoms with Gasteiger partial charge in [0.1, 0.15) is 34.0 Å². The fourth-order valence-corrected chi connectivity index (χ4v) is 4.87. The summed E-state index contributed by atoms with van der Waals surface area (Å²) in [5.74, 6) is -1.90. The van der Waals surface area contributed by atoms with Gasteiger partial charge < -0.3 is 40.5 Å². The summed E-state index contributed by atoms with van der Waals surface area (Å²) in [6, 6.07) is 9.13. The first-order valence-electron chi connectivity index (χ1n) is 17.6. The number of hydrogen-bond acceptors (Lipinski definition) is 10. The van der Waals surface area contributed by atoms with Crippen LogP contribution in [0.3, 0.4) is 0 Å². The lowest BCUT2D eigenvalue weighted by atomic mass is 10.2. The van der Waals surface area contributed by atoms with E-state index in [0.29, 0.717) is 25.7 Å². The minimum atomic E-state index is -0.721. The van der Waals surface area contributed by atoms with Crippen LogP contribution in [-0.4, -0.2) is 119 Å². The summed E-state index contributed by atoms with van der Waals surface area (Å²) in [7, 11) is 0. The Morgan fingerprint density at radius 1 is 0.519 bits per heavy atom. The molecule has 0 aliphatic carbocycles. The van der Waals surface area contributed by atoms with Crippen LogP contribution in [0, 0.1) is 0 Å². The molecule has 1 aliphatic rings. The molecular formula is C36H52N8O8. The zero-order chi connectivity index (χ0) is 38.3. The predicted octanol–water partition coefficient (Wildman–Crippen LogP) is 3.14. The summed E-state index contributed by atoms with van der Waals surface area (Å²) >= 11 is 0. The third-order valence-electron chi connectivity index (χ3n) is 7.29. The highest BCUT2D eigenvalue weighted by molar-refractivity contribution is 5.97. The molecule has 2 aromatic heterocycles. The molecule has 16 nitrogen and oxygen atoms in total. The molecule has 52 heavy (non-hydrogen) atoms. The van der Waals surface area contributed by atoms with Gasteiger partial charge in [-0.2, -0.15) is 0 Å². The molecule has 0 fully saturated rings. The van der Waals surface area contributed by atoms with Crippen LogP contribution in [0.4, 0.5) is 9.59 Å². The number of pyridine rings is 2. The van der Waals surface area contributed by atoms with Gasteiger partial charge in [0.05, 0.1) is 0 Å². The summed E-state index contributed by atoms with van der Waals surface area (Å²) in [5.41, 5.74) is -1.21. The number of aromatic nitrogens is 2. The van der Waals surface area contributed by atoms with Crippen molar-refractivity contribution >= 4 is 35.8 Å². The van der Waals surface area contributed by atoms with Crippen LogP contribution in [0.25, 0.3) is 0 Å². The molecule has 284 valence electrons. The lowest BCUT2D eigenvalue weighted by molar-refractivity contribution is 0.0235. The van der Waals surface area contributed by atoms with E-state index in [2.05, 4.69) is 31.2 Å². The second-order valence-corrected chi connectivity index (χ2v) is 14.2. The Hall–Kier alpha value is -5.28. The van der Waals surface area contributed by atoms with Crippen LogP contribution >= 0.6 is 0 Å². The molecule has 0 saturated heterocycles. The van der Waals surface area contributed by atoms with E-state index < -0.39 is 47.0 Å². The Bertz CT molecular complexity index is 1380. The van der Waals surface area contributed by atoms with Crippen LogP contribution in [0.15, 0.2) is 36.4 Å². The van der Waals surface area contributed by atoms with E-state index in [1.54, 1.807) is 53.7 Å². The fourth-order valence-electron chi connectivity index (χ4n) is 4.87. The number of carbonyl (C=O) groups excluding carboxylic acids is 6. The minimum Gasteiger partial charge on any atom is -0.444 e. The number of fused-ring (bicyclic) bond motifs is 4. The molecule has 6 amide bonds. The van der Waals surface area contributed by atoms with Gasteiger partial charge >= 0.3 is 12.2 Å². The van der Waals surface area contributed by atoms with Gasteiger partial charge in [0.2, 0.25) is 0 Å². The predicted molar refractivity (Wildman–Crippen MR) is 192 cm³/mol. The molecule has 0 aromatic carbocycles. The molecule has 0 radical (unpaired) electrons. The van der Waals surface area contributed by atoms with Crippen molar-refractivity contribution in [2.24, 2.45) is 0 Å². The van der Waals surface area contributed by atoms with E-state index in [1.165, 1.54) is 34.1 Å². The molecule has 2 aromatic rings. The van der Waals surface area contributed by atoms with Crippen molar-refractivity contribution in [2.75, 3.05) is 52.4 Å². The van der Waals surface area contributed by atoms with Crippen molar-refractivity contribution in [1.29, 1.82) is 0 Å². The molecule has 16 heteroatoms. The van der Waals surface area contributed by atoms with Gasteiger partial charge in [-0.05, 0) is 91.5 Å². The smallest absolute Gasteiger partial charge is 0.410 e. The number of amides is 6. The van der Waals surface area contributed by atoms with Crippen molar-refractivity contribution in [3.63, 3.8) is 0 Å². The van der Waals surface area contributed by atoms with Gasteiger partial charge in [-0.15, -0.1) is 0 Å². The summed E-state index contributed by atoms with van der Waals surface area (Å²) in [4.78, 5) is 88.8. The van der Waals surface area contributed by atoms with E-state index >= 15 is 0 Å². The second kappa shape index (κ2) is 19.4. The quantitative estimate of drug-likeness (QED) is 0.313. The highest BCUT2D eigenvalue weighted by Gasteiger charge is 2.24. The number of nitrogens with zero attached hydrogens (tertiary/aromatic N) is 4. The Morgan fingerprint density at radius 2 is 0.769 bits per heavy atom. The third kappa shape index (κ3) is 14.5. The summed E-state index contributed by atoms with van der Waals surface area (Å²) in [6.45, 7) is 12.5. The Kier molecular flexibility index (Phi) is 15.3. The van der Waals surface area contributed by atoms with Crippen molar-refractivity contribution in [2.45, 2.75) is 78.4 Å².